The maximum Gasteiger partial charge on any atom is 0.323 e. The lowest BCUT2D eigenvalue weighted by molar-refractivity contribution is -0.384. The van der Waals surface area contributed by atoms with Crippen LogP contribution in [0.1, 0.15) is 10.4 Å². The van der Waals surface area contributed by atoms with Gasteiger partial charge in [-0.1, -0.05) is 0 Å². The van der Waals surface area contributed by atoms with Gasteiger partial charge >= 0.3 is 6.03 Å². The Labute approximate surface area is 155 Å². The van der Waals surface area contributed by atoms with Crippen molar-refractivity contribution in [1.82, 2.24) is 4.90 Å². The summed E-state index contributed by atoms with van der Waals surface area (Å²) in [5.41, 5.74) is 1.44. The van der Waals surface area contributed by atoms with Gasteiger partial charge in [0.2, 0.25) is 0 Å². The minimum atomic E-state index is -0.510. The van der Waals surface area contributed by atoms with E-state index in [9.17, 15) is 19.7 Å². The molecule has 3 amide bonds. The molecule has 1 saturated heterocycles. The Morgan fingerprint density at radius 3 is 1.96 bits per heavy atom. The third kappa shape index (κ3) is 4.79. The fourth-order valence-corrected chi connectivity index (χ4v) is 2.61. The number of hydrogen-bond donors (Lipinski definition) is 2. The van der Waals surface area contributed by atoms with E-state index >= 15 is 0 Å². The molecule has 0 spiro atoms. The Balaban J connectivity index is 1.56. The van der Waals surface area contributed by atoms with E-state index in [2.05, 4.69) is 10.6 Å². The fraction of sp³-hybridized carbons (Fsp3) is 0.222. The summed E-state index contributed by atoms with van der Waals surface area (Å²) in [4.78, 5) is 36.2. The fourth-order valence-electron chi connectivity index (χ4n) is 2.61. The van der Waals surface area contributed by atoms with Crippen molar-refractivity contribution in [3.8, 4) is 0 Å². The van der Waals surface area contributed by atoms with Crippen molar-refractivity contribution < 1.29 is 19.2 Å². The molecule has 140 valence electrons. The van der Waals surface area contributed by atoms with Gasteiger partial charge < -0.3 is 20.3 Å². The van der Waals surface area contributed by atoms with E-state index < -0.39 is 11.0 Å². The third-order valence-corrected chi connectivity index (χ3v) is 4.02. The molecule has 0 aliphatic carbocycles. The summed E-state index contributed by atoms with van der Waals surface area (Å²) >= 11 is 0. The second-order valence-corrected chi connectivity index (χ2v) is 5.87. The highest BCUT2D eigenvalue weighted by molar-refractivity contribution is 6.00. The molecular weight excluding hydrogens is 352 g/mol. The van der Waals surface area contributed by atoms with Gasteiger partial charge in [0.1, 0.15) is 0 Å². The molecule has 1 fully saturated rings. The van der Waals surface area contributed by atoms with Crippen molar-refractivity contribution in [2.75, 3.05) is 36.9 Å². The Kier molecular flexibility index (Phi) is 5.62. The lowest BCUT2D eigenvalue weighted by atomic mass is 10.1. The first kappa shape index (κ1) is 18.3. The summed E-state index contributed by atoms with van der Waals surface area (Å²) in [5, 5.41) is 15.9. The van der Waals surface area contributed by atoms with Crippen LogP contribution < -0.4 is 10.6 Å². The topological polar surface area (TPSA) is 114 Å². The van der Waals surface area contributed by atoms with Crippen molar-refractivity contribution in [3.05, 3.63) is 64.2 Å². The number of nitro groups is 1. The summed E-state index contributed by atoms with van der Waals surface area (Å²) in [5.74, 6) is -0.0693. The third-order valence-electron chi connectivity index (χ3n) is 4.02. The highest BCUT2D eigenvalue weighted by atomic mass is 16.6. The van der Waals surface area contributed by atoms with Gasteiger partial charge in [-0.3, -0.25) is 14.9 Å². The van der Waals surface area contributed by atoms with Crippen LogP contribution in [0.3, 0.4) is 0 Å². The number of nitro benzene ring substituents is 1. The Hall–Kier alpha value is -3.46. The Morgan fingerprint density at radius 1 is 0.926 bits per heavy atom. The van der Waals surface area contributed by atoms with Gasteiger partial charge in [-0.25, -0.2) is 4.79 Å². The molecule has 2 N–H and O–H groups in total. The number of nitrogens with one attached hydrogen (secondary N) is 2. The first-order valence-corrected chi connectivity index (χ1v) is 8.32. The quantitative estimate of drug-likeness (QED) is 0.634. The van der Waals surface area contributed by atoms with Crippen LogP contribution >= 0.6 is 0 Å². The minimum absolute atomic E-state index is 0.0542. The molecule has 2 aromatic rings. The molecule has 1 aliphatic rings. The Bertz CT molecular complexity index is 830. The van der Waals surface area contributed by atoms with Crippen molar-refractivity contribution in [3.63, 3.8) is 0 Å². The molecule has 0 bridgehead atoms. The highest BCUT2D eigenvalue weighted by Crippen LogP contribution is 2.16. The maximum absolute atomic E-state index is 12.4. The number of hydrogen-bond acceptors (Lipinski definition) is 5. The number of urea groups is 1. The molecule has 0 unspecified atom stereocenters. The van der Waals surface area contributed by atoms with Crippen LogP contribution in [0.15, 0.2) is 48.5 Å². The predicted octanol–water partition coefficient (Wildman–Crippen LogP) is 2.71. The van der Waals surface area contributed by atoms with Gasteiger partial charge in [-0.2, -0.15) is 0 Å². The lowest BCUT2D eigenvalue weighted by Crippen LogP contribution is -2.40. The normalized spacial score (nSPS) is 13.7. The van der Waals surface area contributed by atoms with Crippen LogP contribution in [-0.2, 0) is 4.74 Å². The van der Waals surface area contributed by atoms with Crippen LogP contribution in [0.25, 0.3) is 0 Å². The summed E-state index contributed by atoms with van der Waals surface area (Å²) in [7, 11) is 0. The number of amides is 3. The number of carbonyl (C=O) groups excluding carboxylic acids is 2. The van der Waals surface area contributed by atoms with Gasteiger partial charge in [0, 0.05) is 42.2 Å². The van der Waals surface area contributed by atoms with E-state index in [-0.39, 0.29) is 11.6 Å². The standard InChI is InChI=1S/C18H18N4O5/c23-17(21-9-11-27-12-10-21)13-1-3-14(4-2-13)19-18(24)20-15-5-7-16(8-6-15)22(25)26/h1-8H,9-12H2,(H2,19,20,24). The van der Waals surface area contributed by atoms with E-state index in [1.807, 2.05) is 0 Å². The monoisotopic (exact) mass is 370 g/mol. The molecule has 1 heterocycles. The van der Waals surface area contributed by atoms with Crippen LogP contribution in [-0.4, -0.2) is 48.1 Å². The minimum Gasteiger partial charge on any atom is -0.378 e. The molecule has 0 radical (unpaired) electrons. The smallest absolute Gasteiger partial charge is 0.323 e. The SMILES string of the molecule is O=C(Nc1ccc(C(=O)N2CCOCC2)cc1)Nc1ccc([N+](=O)[O-])cc1. The van der Waals surface area contributed by atoms with Gasteiger partial charge in [0.05, 0.1) is 18.1 Å². The van der Waals surface area contributed by atoms with Gasteiger partial charge in [0.15, 0.2) is 0 Å². The molecule has 0 atom stereocenters. The van der Waals surface area contributed by atoms with Gasteiger partial charge in [-0.05, 0) is 36.4 Å². The number of anilines is 2. The molecule has 3 rings (SSSR count). The van der Waals surface area contributed by atoms with E-state index in [0.717, 1.165) is 0 Å². The van der Waals surface area contributed by atoms with Crippen LogP contribution in [0.2, 0.25) is 0 Å². The van der Waals surface area contributed by atoms with E-state index in [0.29, 0.717) is 43.2 Å². The molecule has 0 saturated carbocycles. The van der Waals surface area contributed by atoms with Crippen LogP contribution in [0, 0.1) is 10.1 Å². The van der Waals surface area contributed by atoms with Crippen molar-refractivity contribution in [1.29, 1.82) is 0 Å². The summed E-state index contributed by atoms with van der Waals surface area (Å²) in [6.45, 7) is 2.20. The molecule has 9 heteroatoms. The summed E-state index contributed by atoms with van der Waals surface area (Å²) < 4.78 is 5.23. The molecule has 27 heavy (non-hydrogen) atoms. The number of carbonyl (C=O) groups is 2. The van der Waals surface area contributed by atoms with E-state index in [1.54, 1.807) is 29.2 Å². The van der Waals surface area contributed by atoms with Crippen LogP contribution in [0.5, 0.6) is 0 Å². The van der Waals surface area contributed by atoms with Gasteiger partial charge in [-0.15, -0.1) is 0 Å². The predicted molar refractivity (Wildman–Crippen MR) is 98.9 cm³/mol. The number of non-ortho nitro benzene ring substituents is 1. The van der Waals surface area contributed by atoms with Crippen molar-refractivity contribution in [2.24, 2.45) is 0 Å². The number of benzene rings is 2. The molecule has 1 aliphatic heterocycles. The summed E-state index contributed by atoms with van der Waals surface area (Å²) in [6, 6.07) is 11.6. The Morgan fingerprint density at radius 2 is 1.44 bits per heavy atom. The highest BCUT2D eigenvalue weighted by Gasteiger charge is 2.18. The zero-order valence-electron chi connectivity index (χ0n) is 14.4. The second-order valence-electron chi connectivity index (χ2n) is 5.87. The average molecular weight is 370 g/mol. The van der Waals surface area contributed by atoms with Gasteiger partial charge in [0.25, 0.3) is 11.6 Å². The first-order valence-electron chi connectivity index (χ1n) is 8.32. The number of rotatable bonds is 4. The molecule has 9 nitrogen and oxygen atoms in total. The maximum atomic E-state index is 12.4. The largest absolute Gasteiger partial charge is 0.378 e. The number of nitrogens with zero attached hydrogens (tertiary/aromatic N) is 2. The van der Waals surface area contributed by atoms with E-state index in [1.165, 1.54) is 24.3 Å². The first-order chi connectivity index (χ1) is 13.0. The average Bonchev–Trinajstić information content (AvgIpc) is 2.69. The molecule has 2 aromatic carbocycles. The zero-order valence-corrected chi connectivity index (χ0v) is 14.4. The lowest BCUT2D eigenvalue weighted by Gasteiger charge is -2.26. The summed E-state index contributed by atoms with van der Waals surface area (Å²) in [6.07, 6.45) is 0. The van der Waals surface area contributed by atoms with Crippen molar-refractivity contribution >= 4 is 29.0 Å². The molecule has 0 aromatic heterocycles. The number of ether oxygens (including phenoxy) is 1. The van der Waals surface area contributed by atoms with E-state index in [4.69, 9.17) is 4.74 Å². The zero-order chi connectivity index (χ0) is 19.2. The van der Waals surface area contributed by atoms with Crippen LogP contribution in [0.4, 0.5) is 21.9 Å². The number of morpholine rings is 1. The molecular formula is C18H18N4O5. The second kappa shape index (κ2) is 8.28. The van der Waals surface area contributed by atoms with Crippen molar-refractivity contribution in [2.45, 2.75) is 0 Å².